The van der Waals surface area contributed by atoms with Crippen molar-refractivity contribution in [2.75, 3.05) is 7.11 Å². The Morgan fingerprint density at radius 2 is 2.05 bits per heavy atom. The molecule has 0 unspecified atom stereocenters. The van der Waals surface area contributed by atoms with Gasteiger partial charge >= 0.3 is 5.97 Å². The van der Waals surface area contributed by atoms with Gasteiger partial charge in [0.1, 0.15) is 0 Å². The number of esters is 1. The number of hydrogen-bond acceptors (Lipinski definition) is 5. The van der Waals surface area contributed by atoms with Gasteiger partial charge in [0.15, 0.2) is 17.9 Å². The summed E-state index contributed by atoms with van der Waals surface area (Å²) in [6, 6.07) is 7.07. The number of ether oxygens (including phenoxy) is 1. The zero-order valence-corrected chi connectivity index (χ0v) is 10.5. The monoisotopic (exact) mass is 259 g/mol. The van der Waals surface area contributed by atoms with Gasteiger partial charge in [-0.1, -0.05) is 24.3 Å². The molecule has 0 saturated carbocycles. The normalized spacial score (nSPS) is 10.2. The molecular weight excluding hydrogens is 246 g/mol. The molecule has 1 heterocycles. The largest absolute Gasteiger partial charge is 0.469 e. The molecule has 98 valence electrons. The number of hydrogen-bond donors (Lipinski definition) is 0. The summed E-state index contributed by atoms with van der Waals surface area (Å²) in [5.74, 6) is 0.00455. The van der Waals surface area contributed by atoms with Crippen LogP contribution in [0.2, 0.25) is 0 Å². The van der Waals surface area contributed by atoms with E-state index in [1.165, 1.54) is 13.5 Å². The van der Waals surface area contributed by atoms with Crippen molar-refractivity contribution in [2.24, 2.45) is 0 Å². The highest BCUT2D eigenvalue weighted by atomic mass is 16.5. The van der Waals surface area contributed by atoms with Crippen molar-refractivity contribution in [3.8, 4) is 11.3 Å². The third kappa shape index (κ3) is 3.07. The number of benzene rings is 1. The van der Waals surface area contributed by atoms with Crippen LogP contribution >= 0.6 is 0 Å². The Hall–Kier alpha value is -2.43. The van der Waals surface area contributed by atoms with Crippen LogP contribution in [-0.4, -0.2) is 23.8 Å². The maximum absolute atomic E-state index is 12.1. The van der Waals surface area contributed by atoms with E-state index in [0.29, 0.717) is 16.9 Å². The van der Waals surface area contributed by atoms with Crippen LogP contribution in [0.4, 0.5) is 0 Å². The number of rotatable bonds is 5. The van der Waals surface area contributed by atoms with Crippen LogP contribution in [0.25, 0.3) is 11.3 Å². The lowest BCUT2D eigenvalue weighted by Crippen LogP contribution is -2.07. The van der Waals surface area contributed by atoms with E-state index >= 15 is 0 Å². The average molecular weight is 259 g/mol. The van der Waals surface area contributed by atoms with Crippen molar-refractivity contribution in [2.45, 2.75) is 12.8 Å². The van der Waals surface area contributed by atoms with Crippen molar-refractivity contribution in [1.82, 2.24) is 4.98 Å². The second-order valence-corrected chi connectivity index (χ2v) is 3.91. The van der Waals surface area contributed by atoms with Gasteiger partial charge in [-0.3, -0.25) is 9.59 Å². The Kier molecular flexibility index (Phi) is 4.07. The number of carbonyl (C=O) groups excluding carboxylic acids is 2. The standard InChI is InChI=1S/C14H13NO4/c1-18-14(17)7-6-12(16)10-4-2-3-5-11(10)13-8-15-9-19-13/h2-5,8-9H,6-7H2,1H3. The van der Waals surface area contributed by atoms with Gasteiger partial charge in [0.2, 0.25) is 0 Å². The first-order valence-corrected chi connectivity index (χ1v) is 5.80. The van der Waals surface area contributed by atoms with E-state index in [-0.39, 0.29) is 18.6 Å². The summed E-state index contributed by atoms with van der Waals surface area (Å²) in [6.45, 7) is 0. The topological polar surface area (TPSA) is 69.4 Å². The Morgan fingerprint density at radius 1 is 1.26 bits per heavy atom. The van der Waals surface area contributed by atoms with E-state index < -0.39 is 5.97 Å². The third-order valence-electron chi connectivity index (χ3n) is 2.71. The fourth-order valence-electron chi connectivity index (χ4n) is 1.74. The number of carbonyl (C=O) groups is 2. The van der Waals surface area contributed by atoms with Gasteiger partial charge in [0.05, 0.1) is 19.7 Å². The van der Waals surface area contributed by atoms with E-state index in [1.807, 2.05) is 6.07 Å². The summed E-state index contributed by atoms with van der Waals surface area (Å²) in [6.07, 6.45) is 3.04. The Labute approximate surface area is 110 Å². The van der Waals surface area contributed by atoms with Crippen LogP contribution in [0.1, 0.15) is 23.2 Å². The molecule has 0 aliphatic heterocycles. The summed E-state index contributed by atoms with van der Waals surface area (Å²) in [5.41, 5.74) is 1.19. The first-order valence-electron chi connectivity index (χ1n) is 5.80. The van der Waals surface area contributed by atoms with Crippen LogP contribution in [0.3, 0.4) is 0 Å². The van der Waals surface area contributed by atoms with Crippen LogP contribution in [0.15, 0.2) is 41.3 Å². The molecule has 0 radical (unpaired) electrons. The fraction of sp³-hybridized carbons (Fsp3) is 0.214. The summed E-state index contributed by atoms with van der Waals surface area (Å²) < 4.78 is 9.72. The average Bonchev–Trinajstić information content (AvgIpc) is 2.98. The van der Waals surface area contributed by atoms with Gasteiger partial charge in [0.25, 0.3) is 0 Å². The fourth-order valence-corrected chi connectivity index (χ4v) is 1.74. The van der Waals surface area contributed by atoms with Crippen molar-refractivity contribution in [3.05, 3.63) is 42.4 Å². The maximum Gasteiger partial charge on any atom is 0.305 e. The van der Waals surface area contributed by atoms with Gasteiger partial charge in [0, 0.05) is 17.5 Å². The first-order chi connectivity index (χ1) is 9.22. The summed E-state index contributed by atoms with van der Waals surface area (Å²) >= 11 is 0. The molecule has 0 bridgehead atoms. The Balaban J connectivity index is 2.20. The molecule has 2 rings (SSSR count). The molecule has 5 heteroatoms. The predicted octanol–water partition coefficient (Wildman–Crippen LogP) is 2.48. The van der Waals surface area contributed by atoms with E-state index in [1.54, 1.807) is 24.4 Å². The number of Topliss-reactive ketones (excluding diaryl/α,β-unsaturated/α-hetero) is 1. The predicted molar refractivity (Wildman–Crippen MR) is 67.5 cm³/mol. The lowest BCUT2D eigenvalue weighted by Gasteiger charge is -2.05. The lowest BCUT2D eigenvalue weighted by molar-refractivity contribution is -0.140. The van der Waals surface area contributed by atoms with E-state index in [9.17, 15) is 9.59 Å². The van der Waals surface area contributed by atoms with E-state index in [2.05, 4.69) is 9.72 Å². The van der Waals surface area contributed by atoms with E-state index in [4.69, 9.17) is 4.42 Å². The van der Waals surface area contributed by atoms with Crippen LogP contribution in [0.5, 0.6) is 0 Å². The molecule has 5 nitrogen and oxygen atoms in total. The van der Waals surface area contributed by atoms with Crippen LogP contribution < -0.4 is 0 Å². The van der Waals surface area contributed by atoms with Crippen molar-refractivity contribution in [1.29, 1.82) is 0 Å². The number of nitrogens with zero attached hydrogens (tertiary/aromatic N) is 1. The van der Waals surface area contributed by atoms with Crippen molar-refractivity contribution in [3.63, 3.8) is 0 Å². The molecule has 0 aliphatic rings. The van der Waals surface area contributed by atoms with Crippen LogP contribution in [-0.2, 0) is 9.53 Å². The minimum absolute atomic E-state index is 0.0695. The van der Waals surface area contributed by atoms with Crippen molar-refractivity contribution >= 4 is 11.8 Å². The molecule has 2 aromatic rings. The second kappa shape index (κ2) is 5.95. The molecule has 0 fully saturated rings. The molecule has 0 N–H and O–H groups in total. The number of aromatic nitrogens is 1. The molecule has 19 heavy (non-hydrogen) atoms. The van der Waals surface area contributed by atoms with Gasteiger partial charge in [-0.25, -0.2) is 4.98 Å². The van der Waals surface area contributed by atoms with E-state index in [0.717, 1.165) is 0 Å². The number of methoxy groups -OCH3 is 1. The molecule has 1 aromatic heterocycles. The third-order valence-corrected chi connectivity index (χ3v) is 2.71. The molecule has 0 amide bonds. The highest BCUT2D eigenvalue weighted by Crippen LogP contribution is 2.24. The highest BCUT2D eigenvalue weighted by Gasteiger charge is 2.15. The summed E-state index contributed by atoms with van der Waals surface area (Å²) in [5, 5.41) is 0. The quantitative estimate of drug-likeness (QED) is 0.609. The van der Waals surface area contributed by atoms with Gasteiger partial charge in [-0.15, -0.1) is 0 Å². The number of oxazole rings is 1. The maximum atomic E-state index is 12.1. The van der Waals surface area contributed by atoms with Crippen LogP contribution in [0, 0.1) is 0 Å². The minimum atomic E-state index is -0.398. The zero-order chi connectivity index (χ0) is 13.7. The molecular formula is C14H13NO4. The summed E-state index contributed by atoms with van der Waals surface area (Å²) in [4.78, 5) is 27.0. The number of ketones is 1. The molecule has 1 aromatic carbocycles. The van der Waals surface area contributed by atoms with Gasteiger partial charge < -0.3 is 9.15 Å². The highest BCUT2D eigenvalue weighted by molar-refractivity contribution is 6.02. The molecule has 0 aliphatic carbocycles. The second-order valence-electron chi connectivity index (χ2n) is 3.91. The molecule has 0 atom stereocenters. The molecule has 0 spiro atoms. The summed E-state index contributed by atoms with van der Waals surface area (Å²) in [7, 11) is 1.30. The lowest BCUT2D eigenvalue weighted by atomic mass is 9.99. The SMILES string of the molecule is COC(=O)CCC(=O)c1ccccc1-c1cnco1. The molecule has 0 saturated heterocycles. The van der Waals surface area contributed by atoms with Gasteiger partial charge in [-0.2, -0.15) is 0 Å². The zero-order valence-electron chi connectivity index (χ0n) is 10.5. The minimum Gasteiger partial charge on any atom is -0.469 e. The Bertz CT molecular complexity index is 575. The first kappa shape index (κ1) is 13.0. The van der Waals surface area contributed by atoms with Gasteiger partial charge in [-0.05, 0) is 0 Å². The Morgan fingerprint density at radius 3 is 2.74 bits per heavy atom. The van der Waals surface area contributed by atoms with Crippen molar-refractivity contribution < 1.29 is 18.7 Å². The smallest absolute Gasteiger partial charge is 0.305 e.